The zero-order valence-corrected chi connectivity index (χ0v) is 15.2. The Morgan fingerprint density at radius 2 is 1.84 bits per heavy atom. The van der Waals surface area contributed by atoms with E-state index >= 15 is 0 Å². The summed E-state index contributed by atoms with van der Waals surface area (Å²) in [6.07, 6.45) is 0. The highest BCUT2D eigenvalue weighted by atomic mass is 35.5. The Bertz CT molecular complexity index is 727. The molecule has 0 saturated carbocycles. The van der Waals surface area contributed by atoms with Gasteiger partial charge >= 0.3 is 0 Å². The van der Waals surface area contributed by atoms with Gasteiger partial charge in [-0.15, -0.1) is 0 Å². The van der Waals surface area contributed by atoms with Gasteiger partial charge in [0, 0.05) is 38.3 Å². The zero-order valence-electron chi connectivity index (χ0n) is 14.5. The van der Waals surface area contributed by atoms with Crippen molar-refractivity contribution in [1.29, 1.82) is 0 Å². The molecule has 2 aromatic carbocycles. The molecule has 2 aromatic rings. The van der Waals surface area contributed by atoms with Crippen LogP contribution in [0.25, 0.3) is 0 Å². The highest BCUT2D eigenvalue weighted by Crippen LogP contribution is 2.23. The fourth-order valence-electron chi connectivity index (χ4n) is 2.98. The van der Waals surface area contributed by atoms with Crippen molar-refractivity contribution in [2.24, 2.45) is 0 Å². The summed E-state index contributed by atoms with van der Waals surface area (Å²) in [6.45, 7) is 6.66. The number of hydrogen-bond donors (Lipinski definition) is 0. The first-order chi connectivity index (χ1) is 12.1. The first-order valence-electron chi connectivity index (χ1n) is 8.59. The van der Waals surface area contributed by atoms with Crippen molar-refractivity contribution < 1.29 is 9.53 Å². The Morgan fingerprint density at radius 3 is 2.56 bits per heavy atom. The molecule has 1 saturated heterocycles. The maximum absolute atomic E-state index is 12.6. The molecule has 4 nitrogen and oxygen atoms in total. The lowest BCUT2D eigenvalue weighted by molar-refractivity contribution is 0.0620. The van der Waals surface area contributed by atoms with Crippen molar-refractivity contribution in [3.8, 4) is 5.75 Å². The lowest BCUT2D eigenvalue weighted by Crippen LogP contribution is -2.49. The van der Waals surface area contributed by atoms with Gasteiger partial charge < -0.3 is 9.64 Å². The molecule has 1 fully saturated rings. The molecule has 3 rings (SSSR count). The monoisotopic (exact) mass is 358 g/mol. The molecule has 0 atom stereocenters. The third-order valence-electron chi connectivity index (χ3n) is 4.43. The molecule has 0 unspecified atom stereocenters. The van der Waals surface area contributed by atoms with E-state index in [9.17, 15) is 4.79 Å². The number of halogens is 1. The number of carbonyl (C=O) groups excluding carboxylic acids is 1. The van der Waals surface area contributed by atoms with Crippen LogP contribution >= 0.6 is 11.6 Å². The Hall–Kier alpha value is -2.04. The summed E-state index contributed by atoms with van der Waals surface area (Å²) in [5.74, 6) is 0.841. The van der Waals surface area contributed by atoms with Crippen LogP contribution in [-0.4, -0.2) is 55.0 Å². The summed E-state index contributed by atoms with van der Waals surface area (Å²) in [6, 6.07) is 15.3. The number of para-hydroxylation sites is 1. The van der Waals surface area contributed by atoms with E-state index in [1.54, 1.807) is 0 Å². The lowest BCUT2D eigenvalue weighted by Gasteiger charge is -2.34. The molecule has 0 N–H and O–H groups in total. The van der Waals surface area contributed by atoms with Crippen molar-refractivity contribution in [1.82, 2.24) is 9.80 Å². The van der Waals surface area contributed by atoms with Crippen LogP contribution in [0.3, 0.4) is 0 Å². The molecule has 5 heteroatoms. The van der Waals surface area contributed by atoms with Crippen LogP contribution in [0.4, 0.5) is 0 Å². The first kappa shape index (κ1) is 17.8. The van der Waals surface area contributed by atoms with E-state index in [4.69, 9.17) is 16.3 Å². The van der Waals surface area contributed by atoms with Gasteiger partial charge in [-0.2, -0.15) is 0 Å². The molecule has 1 heterocycles. The predicted octanol–water partition coefficient (Wildman–Crippen LogP) is 3.49. The molecule has 1 aliphatic rings. The van der Waals surface area contributed by atoms with Gasteiger partial charge in [-0.3, -0.25) is 9.69 Å². The third kappa shape index (κ3) is 4.74. The second-order valence-electron chi connectivity index (χ2n) is 6.28. The minimum Gasteiger partial charge on any atom is -0.491 e. The smallest absolute Gasteiger partial charge is 0.253 e. The summed E-state index contributed by atoms with van der Waals surface area (Å²) in [5.41, 5.74) is 1.89. The van der Waals surface area contributed by atoms with Crippen LogP contribution in [0.15, 0.2) is 48.5 Å². The quantitative estimate of drug-likeness (QED) is 0.820. The number of amides is 1. The predicted molar refractivity (Wildman–Crippen MR) is 100 cm³/mol. The van der Waals surface area contributed by atoms with Gasteiger partial charge in [0.05, 0.1) is 5.02 Å². The number of hydrogen-bond acceptors (Lipinski definition) is 3. The fourth-order valence-corrected chi connectivity index (χ4v) is 3.17. The molecule has 132 valence electrons. The molecule has 0 bridgehead atoms. The van der Waals surface area contributed by atoms with Crippen LogP contribution in [-0.2, 0) is 0 Å². The topological polar surface area (TPSA) is 32.8 Å². The number of aryl methyl sites for hydroxylation is 1. The van der Waals surface area contributed by atoms with E-state index in [2.05, 4.69) is 4.90 Å². The molecular weight excluding hydrogens is 336 g/mol. The average molecular weight is 359 g/mol. The van der Waals surface area contributed by atoms with Crippen molar-refractivity contribution in [2.75, 3.05) is 39.3 Å². The second-order valence-corrected chi connectivity index (χ2v) is 6.69. The Balaban J connectivity index is 1.44. The third-order valence-corrected chi connectivity index (χ3v) is 4.74. The SMILES string of the molecule is Cc1cccc(C(=O)N2CCN(CCOc3ccccc3Cl)CC2)c1. The van der Waals surface area contributed by atoms with E-state index in [1.807, 2.05) is 60.4 Å². The van der Waals surface area contributed by atoms with E-state index in [0.717, 1.165) is 49.6 Å². The Labute approximate surface area is 154 Å². The Kier molecular flexibility index (Phi) is 5.95. The number of rotatable bonds is 5. The largest absolute Gasteiger partial charge is 0.491 e. The van der Waals surface area contributed by atoms with E-state index in [1.165, 1.54) is 0 Å². The van der Waals surface area contributed by atoms with Crippen molar-refractivity contribution in [3.63, 3.8) is 0 Å². The van der Waals surface area contributed by atoms with Gasteiger partial charge in [0.1, 0.15) is 12.4 Å². The minimum atomic E-state index is 0.121. The van der Waals surface area contributed by atoms with Crippen molar-refractivity contribution >= 4 is 17.5 Å². The number of carbonyl (C=O) groups is 1. The molecule has 1 amide bonds. The van der Waals surface area contributed by atoms with Gasteiger partial charge in [0.15, 0.2) is 0 Å². The number of piperazine rings is 1. The summed E-state index contributed by atoms with van der Waals surface area (Å²) in [7, 11) is 0. The van der Waals surface area contributed by atoms with Crippen molar-refractivity contribution in [2.45, 2.75) is 6.92 Å². The maximum atomic E-state index is 12.6. The van der Waals surface area contributed by atoms with Crippen LogP contribution in [0.1, 0.15) is 15.9 Å². The van der Waals surface area contributed by atoms with E-state index < -0.39 is 0 Å². The highest BCUT2D eigenvalue weighted by molar-refractivity contribution is 6.32. The lowest BCUT2D eigenvalue weighted by atomic mass is 10.1. The van der Waals surface area contributed by atoms with Crippen molar-refractivity contribution in [3.05, 3.63) is 64.7 Å². The van der Waals surface area contributed by atoms with E-state index in [-0.39, 0.29) is 5.91 Å². The van der Waals surface area contributed by atoms with Crippen LogP contribution in [0, 0.1) is 6.92 Å². The molecule has 1 aliphatic heterocycles. The summed E-state index contributed by atoms with van der Waals surface area (Å²) in [5, 5.41) is 0.635. The molecule has 0 aromatic heterocycles. The Morgan fingerprint density at radius 1 is 1.08 bits per heavy atom. The number of benzene rings is 2. The van der Waals surface area contributed by atoms with Gasteiger partial charge in [-0.25, -0.2) is 0 Å². The van der Waals surface area contributed by atoms with Gasteiger partial charge in [-0.05, 0) is 31.2 Å². The maximum Gasteiger partial charge on any atom is 0.253 e. The van der Waals surface area contributed by atoms with Gasteiger partial charge in [0.2, 0.25) is 0 Å². The number of ether oxygens (including phenoxy) is 1. The van der Waals surface area contributed by atoms with Gasteiger partial charge in [-0.1, -0.05) is 41.4 Å². The number of nitrogens with zero attached hydrogens (tertiary/aromatic N) is 2. The summed E-state index contributed by atoms with van der Waals surface area (Å²) >= 11 is 6.09. The minimum absolute atomic E-state index is 0.121. The highest BCUT2D eigenvalue weighted by Gasteiger charge is 2.22. The molecule has 25 heavy (non-hydrogen) atoms. The van der Waals surface area contributed by atoms with Crippen LogP contribution < -0.4 is 4.74 Å². The summed E-state index contributed by atoms with van der Waals surface area (Å²) < 4.78 is 5.74. The average Bonchev–Trinajstić information content (AvgIpc) is 2.63. The first-order valence-corrected chi connectivity index (χ1v) is 8.97. The molecule has 0 aliphatic carbocycles. The second kappa shape index (κ2) is 8.37. The molecule has 0 radical (unpaired) electrons. The normalized spacial score (nSPS) is 15.2. The van der Waals surface area contributed by atoms with Crippen LogP contribution in [0.2, 0.25) is 5.02 Å². The summed E-state index contributed by atoms with van der Waals surface area (Å²) in [4.78, 5) is 16.8. The molecular formula is C20H23ClN2O2. The zero-order chi connectivity index (χ0) is 17.6. The fraction of sp³-hybridized carbons (Fsp3) is 0.350. The van der Waals surface area contributed by atoms with E-state index in [0.29, 0.717) is 11.6 Å². The standard InChI is InChI=1S/C20H23ClN2O2/c1-16-5-4-6-17(15-16)20(24)23-11-9-22(10-12-23)13-14-25-19-8-3-2-7-18(19)21/h2-8,15H,9-14H2,1H3. The molecule has 0 spiro atoms. The van der Waals surface area contributed by atoms with Gasteiger partial charge in [0.25, 0.3) is 5.91 Å². The van der Waals surface area contributed by atoms with Crippen LogP contribution in [0.5, 0.6) is 5.75 Å².